The molecule has 1 amide bonds. The standard InChI is InChI=1S/C21H21F3N4OS/c1-21(24)14-11-28(18(16(14)21)13-5-3-6-15(22)17(13)23)12-9-26-19(27-10-12)20(29)25-7-4-8-30-2/h3-6,8-10,14,16,18H,7,11H2,1-2H3,(H,25,29)/b8-4+. The molecule has 2 aliphatic rings. The third-order valence-electron chi connectivity index (χ3n) is 5.86. The first-order valence-electron chi connectivity index (χ1n) is 9.53. The number of nitrogens with zero attached hydrogens (tertiary/aromatic N) is 3. The second-order valence-corrected chi connectivity index (χ2v) is 8.35. The Labute approximate surface area is 176 Å². The number of carbonyl (C=O) groups excluding carboxylic acids is 1. The monoisotopic (exact) mass is 434 g/mol. The summed E-state index contributed by atoms with van der Waals surface area (Å²) in [4.78, 5) is 22.1. The van der Waals surface area contributed by atoms with E-state index in [0.717, 1.165) is 6.07 Å². The molecular weight excluding hydrogens is 413 g/mol. The normalized spacial score (nSPS) is 27.4. The molecule has 0 radical (unpaired) electrons. The number of aromatic nitrogens is 2. The summed E-state index contributed by atoms with van der Waals surface area (Å²) >= 11 is 1.52. The van der Waals surface area contributed by atoms with Gasteiger partial charge in [0.1, 0.15) is 5.67 Å². The molecule has 4 unspecified atom stereocenters. The van der Waals surface area contributed by atoms with E-state index in [1.807, 2.05) is 11.7 Å². The van der Waals surface area contributed by atoms with Crippen molar-refractivity contribution < 1.29 is 18.0 Å². The molecule has 1 aliphatic heterocycles. The number of alkyl halides is 1. The second-order valence-electron chi connectivity index (χ2n) is 7.61. The van der Waals surface area contributed by atoms with Crippen molar-refractivity contribution in [2.24, 2.45) is 11.8 Å². The number of anilines is 1. The highest BCUT2D eigenvalue weighted by Gasteiger charge is 2.71. The molecule has 2 heterocycles. The van der Waals surface area contributed by atoms with Crippen LogP contribution in [-0.2, 0) is 0 Å². The number of thioether (sulfide) groups is 1. The van der Waals surface area contributed by atoms with Crippen LogP contribution in [0.2, 0.25) is 0 Å². The smallest absolute Gasteiger partial charge is 0.289 e. The molecule has 2 aromatic rings. The summed E-state index contributed by atoms with van der Waals surface area (Å²) in [5.74, 6) is -3.07. The largest absolute Gasteiger partial charge is 0.361 e. The van der Waals surface area contributed by atoms with Crippen molar-refractivity contribution in [2.45, 2.75) is 18.6 Å². The highest BCUT2D eigenvalue weighted by Crippen LogP contribution is 2.66. The molecule has 30 heavy (non-hydrogen) atoms. The number of fused-ring (bicyclic) bond motifs is 1. The van der Waals surface area contributed by atoms with Gasteiger partial charge in [0.25, 0.3) is 5.91 Å². The second kappa shape index (κ2) is 7.94. The Morgan fingerprint density at radius 1 is 1.37 bits per heavy atom. The van der Waals surface area contributed by atoms with Gasteiger partial charge in [-0.05, 0) is 24.7 Å². The Morgan fingerprint density at radius 2 is 2.10 bits per heavy atom. The van der Waals surface area contributed by atoms with Crippen molar-refractivity contribution in [1.82, 2.24) is 15.3 Å². The Balaban J connectivity index is 1.56. The first kappa shape index (κ1) is 20.7. The van der Waals surface area contributed by atoms with Crippen LogP contribution in [0, 0.1) is 23.5 Å². The van der Waals surface area contributed by atoms with E-state index in [1.54, 1.807) is 11.0 Å². The number of hydrogen-bond donors (Lipinski definition) is 1. The number of benzene rings is 1. The average molecular weight is 434 g/mol. The van der Waals surface area contributed by atoms with Gasteiger partial charge in [-0.1, -0.05) is 18.2 Å². The van der Waals surface area contributed by atoms with E-state index < -0.39 is 35.2 Å². The van der Waals surface area contributed by atoms with Crippen LogP contribution in [0.5, 0.6) is 0 Å². The lowest BCUT2D eigenvalue weighted by molar-refractivity contribution is 0.0947. The lowest BCUT2D eigenvalue weighted by atomic mass is 9.99. The number of piperidine rings is 1. The van der Waals surface area contributed by atoms with E-state index in [1.165, 1.54) is 43.2 Å². The Morgan fingerprint density at radius 3 is 2.80 bits per heavy atom. The molecule has 1 aromatic heterocycles. The van der Waals surface area contributed by atoms with Gasteiger partial charge in [0.2, 0.25) is 5.82 Å². The van der Waals surface area contributed by atoms with E-state index in [-0.39, 0.29) is 17.3 Å². The topological polar surface area (TPSA) is 58.1 Å². The molecule has 0 bridgehead atoms. The number of rotatable bonds is 6. The van der Waals surface area contributed by atoms with Gasteiger partial charge in [-0.2, -0.15) is 0 Å². The van der Waals surface area contributed by atoms with Gasteiger partial charge in [-0.25, -0.2) is 23.1 Å². The highest BCUT2D eigenvalue weighted by atomic mass is 32.2. The van der Waals surface area contributed by atoms with Gasteiger partial charge in [-0.3, -0.25) is 4.79 Å². The minimum absolute atomic E-state index is 0.00414. The molecule has 2 fully saturated rings. The number of amides is 1. The highest BCUT2D eigenvalue weighted by molar-refractivity contribution is 8.01. The van der Waals surface area contributed by atoms with Crippen LogP contribution < -0.4 is 10.2 Å². The number of nitrogens with one attached hydrogen (secondary N) is 1. The van der Waals surface area contributed by atoms with Crippen LogP contribution >= 0.6 is 11.8 Å². The molecule has 1 saturated heterocycles. The quantitative estimate of drug-likeness (QED) is 0.748. The third-order valence-corrected chi connectivity index (χ3v) is 6.32. The molecule has 0 spiro atoms. The first-order valence-corrected chi connectivity index (χ1v) is 10.8. The zero-order chi connectivity index (χ0) is 21.5. The summed E-state index contributed by atoms with van der Waals surface area (Å²) < 4.78 is 43.1. The molecule has 4 rings (SSSR count). The zero-order valence-electron chi connectivity index (χ0n) is 16.5. The predicted octanol–water partition coefficient (Wildman–Crippen LogP) is 3.90. The molecular formula is C21H21F3N4OS. The Kier molecular flexibility index (Phi) is 5.48. The summed E-state index contributed by atoms with van der Waals surface area (Å²) in [6.45, 7) is 2.20. The number of hydrogen-bond acceptors (Lipinski definition) is 5. The van der Waals surface area contributed by atoms with Crippen LogP contribution in [0.25, 0.3) is 0 Å². The lowest BCUT2D eigenvalue weighted by Crippen LogP contribution is -2.32. The van der Waals surface area contributed by atoms with E-state index in [0.29, 0.717) is 18.8 Å². The van der Waals surface area contributed by atoms with Crippen LogP contribution in [0.3, 0.4) is 0 Å². The fourth-order valence-corrected chi connectivity index (χ4v) is 4.57. The van der Waals surface area contributed by atoms with Crippen molar-refractivity contribution in [1.29, 1.82) is 0 Å². The average Bonchev–Trinajstić information content (AvgIpc) is 3.07. The third kappa shape index (κ3) is 3.55. The maximum absolute atomic E-state index is 14.8. The minimum Gasteiger partial charge on any atom is -0.361 e. The van der Waals surface area contributed by atoms with Gasteiger partial charge < -0.3 is 10.2 Å². The lowest BCUT2D eigenvalue weighted by Gasteiger charge is -2.31. The first-order chi connectivity index (χ1) is 14.4. The SMILES string of the molecule is CS/C=C/CNC(=O)c1ncc(N2CC3C(C2c2cccc(F)c2F)C3(C)F)cn1. The van der Waals surface area contributed by atoms with Crippen LogP contribution in [0.15, 0.2) is 42.1 Å². The van der Waals surface area contributed by atoms with Crippen molar-refractivity contribution in [2.75, 3.05) is 24.2 Å². The van der Waals surface area contributed by atoms with Crippen molar-refractivity contribution in [3.05, 3.63) is 65.1 Å². The summed E-state index contributed by atoms with van der Waals surface area (Å²) in [5, 5.41) is 4.53. The van der Waals surface area contributed by atoms with E-state index in [9.17, 15) is 18.0 Å². The fraction of sp³-hybridized carbons (Fsp3) is 0.381. The molecule has 5 nitrogen and oxygen atoms in total. The van der Waals surface area contributed by atoms with Gasteiger partial charge in [0.15, 0.2) is 11.6 Å². The van der Waals surface area contributed by atoms with Gasteiger partial charge in [0.05, 0.1) is 24.1 Å². The van der Waals surface area contributed by atoms with E-state index >= 15 is 0 Å². The molecule has 1 aromatic carbocycles. The molecule has 1 N–H and O–H groups in total. The predicted molar refractivity (Wildman–Crippen MR) is 110 cm³/mol. The van der Waals surface area contributed by atoms with E-state index in [2.05, 4.69) is 15.3 Å². The molecule has 1 aliphatic carbocycles. The van der Waals surface area contributed by atoms with Crippen LogP contribution in [0.4, 0.5) is 18.9 Å². The Bertz CT molecular complexity index is 983. The summed E-state index contributed by atoms with van der Waals surface area (Å²) in [5.41, 5.74) is -0.776. The van der Waals surface area contributed by atoms with Gasteiger partial charge in [0, 0.05) is 30.5 Å². The fourth-order valence-electron chi connectivity index (χ4n) is 4.28. The maximum atomic E-state index is 14.8. The van der Waals surface area contributed by atoms with Gasteiger partial charge >= 0.3 is 0 Å². The molecule has 158 valence electrons. The minimum atomic E-state index is -1.43. The summed E-state index contributed by atoms with van der Waals surface area (Å²) in [7, 11) is 0. The summed E-state index contributed by atoms with van der Waals surface area (Å²) in [6, 6.07) is 3.28. The number of halogens is 3. The molecule has 4 atom stereocenters. The number of carbonyl (C=O) groups is 1. The van der Waals surface area contributed by atoms with Crippen molar-refractivity contribution >= 4 is 23.4 Å². The van der Waals surface area contributed by atoms with Crippen LogP contribution in [0.1, 0.15) is 29.1 Å². The van der Waals surface area contributed by atoms with Gasteiger partial charge in [-0.15, -0.1) is 11.8 Å². The zero-order valence-corrected chi connectivity index (χ0v) is 17.3. The molecule has 1 saturated carbocycles. The van der Waals surface area contributed by atoms with Crippen molar-refractivity contribution in [3.8, 4) is 0 Å². The maximum Gasteiger partial charge on any atom is 0.289 e. The summed E-state index contributed by atoms with van der Waals surface area (Å²) in [6.07, 6.45) is 6.64. The van der Waals surface area contributed by atoms with E-state index in [4.69, 9.17) is 0 Å². The van der Waals surface area contributed by atoms with Crippen LogP contribution in [-0.4, -0.2) is 40.9 Å². The van der Waals surface area contributed by atoms with Crippen molar-refractivity contribution in [3.63, 3.8) is 0 Å². The Hall–Kier alpha value is -2.55. The molecule has 9 heteroatoms.